The molecule has 0 aliphatic heterocycles. The molecule has 1 aromatic carbocycles. The molecule has 7 heteroatoms. The predicted octanol–water partition coefficient (Wildman–Crippen LogP) is 3.30. The van der Waals surface area contributed by atoms with Crippen molar-refractivity contribution >= 4 is 39.1 Å². The second-order valence-corrected chi connectivity index (χ2v) is 7.11. The molecule has 2 N–H and O–H groups in total. The van der Waals surface area contributed by atoms with Crippen LogP contribution in [0.3, 0.4) is 0 Å². The first kappa shape index (κ1) is 17.5. The lowest BCUT2D eigenvalue weighted by molar-refractivity contribution is -0.121. The number of ether oxygens (including phenoxy) is 1. The van der Waals surface area contributed by atoms with Crippen LogP contribution in [0.4, 0.5) is 0 Å². The molecule has 122 valence electrons. The van der Waals surface area contributed by atoms with Crippen molar-refractivity contribution in [1.29, 1.82) is 0 Å². The standard InChI is InChI=1S/C16H17BrN2O3S/c1-2-22-12-6-4-3-5-11(12)7-10-15(20)18-19-16(21)13-8-9-14(17)23-13/h3-6,8-9H,2,7,10H2,1H3,(H,18,20)(H,19,21). The van der Waals surface area contributed by atoms with Gasteiger partial charge < -0.3 is 4.74 Å². The van der Waals surface area contributed by atoms with Crippen LogP contribution in [-0.4, -0.2) is 18.4 Å². The molecular weight excluding hydrogens is 380 g/mol. The van der Waals surface area contributed by atoms with E-state index in [4.69, 9.17) is 4.74 Å². The van der Waals surface area contributed by atoms with Gasteiger partial charge in [0, 0.05) is 6.42 Å². The monoisotopic (exact) mass is 396 g/mol. The zero-order chi connectivity index (χ0) is 16.7. The molecule has 1 aromatic heterocycles. The van der Waals surface area contributed by atoms with Crippen LogP contribution in [0.2, 0.25) is 0 Å². The molecule has 23 heavy (non-hydrogen) atoms. The lowest BCUT2D eigenvalue weighted by Gasteiger charge is -2.10. The fourth-order valence-corrected chi connectivity index (χ4v) is 3.22. The summed E-state index contributed by atoms with van der Waals surface area (Å²) in [7, 11) is 0. The van der Waals surface area contributed by atoms with E-state index in [1.54, 1.807) is 12.1 Å². The van der Waals surface area contributed by atoms with Gasteiger partial charge in [-0.05, 0) is 53.0 Å². The van der Waals surface area contributed by atoms with Crippen LogP contribution in [0, 0.1) is 0 Å². The Kier molecular flexibility index (Phi) is 6.61. The van der Waals surface area contributed by atoms with Gasteiger partial charge in [-0.1, -0.05) is 18.2 Å². The quantitative estimate of drug-likeness (QED) is 0.735. The Morgan fingerprint density at radius 2 is 1.96 bits per heavy atom. The third-order valence-electron chi connectivity index (χ3n) is 3.01. The Labute approximate surface area is 147 Å². The van der Waals surface area contributed by atoms with Crippen molar-refractivity contribution in [3.8, 4) is 5.75 Å². The average molecular weight is 397 g/mol. The van der Waals surface area contributed by atoms with Crippen LogP contribution in [0.15, 0.2) is 40.2 Å². The Hall–Kier alpha value is -1.86. The SMILES string of the molecule is CCOc1ccccc1CCC(=O)NNC(=O)c1ccc(Br)s1. The van der Waals surface area contributed by atoms with Gasteiger partial charge in [-0.15, -0.1) is 11.3 Å². The second kappa shape index (κ2) is 8.69. The van der Waals surface area contributed by atoms with Crippen molar-refractivity contribution in [2.24, 2.45) is 0 Å². The Morgan fingerprint density at radius 1 is 1.17 bits per heavy atom. The maximum atomic E-state index is 11.9. The lowest BCUT2D eigenvalue weighted by Crippen LogP contribution is -2.41. The molecule has 5 nitrogen and oxygen atoms in total. The molecule has 0 fully saturated rings. The van der Waals surface area contributed by atoms with Crippen LogP contribution in [0.1, 0.15) is 28.6 Å². The number of carbonyl (C=O) groups is 2. The highest BCUT2D eigenvalue weighted by Gasteiger charge is 2.10. The van der Waals surface area contributed by atoms with E-state index in [0.29, 0.717) is 17.9 Å². The van der Waals surface area contributed by atoms with Gasteiger partial charge in [0.15, 0.2) is 0 Å². The molecule has 0 aliphatic carbocycles. The van der Waals surface area contributed by atoms with Gasteiger partial charge >= 0.3 is 0 Å². The maximum Gasteiger partial charge on any atom is 0.279 e. The van der Waals surface area contributed by atoms with E-state index in [2.05, 4.69) is 26.8 Å². The minimum absolute atomic E-state index is 0.250. The Bertz CT molecular complexity index is 687. The number of amides is 2. The van der Waals surface area contributed by atoms with Crippen LogP contribution < -0.4 is 15.6 Å². The summed E-state index contributed by atoms with van der Waals surface area (Å²) < 4.78 is 6.39. The van der Waals surface area contributed by atoms with Crippen LogP contribution >= 0.6 is 27.3 Å². The molecule has 0 radical (unpaired) electrons. The summed E-state index contributed by atoms with van der Waals surface area (Å²) in [4.78, 5) is 24.2. The van der Waals surface area contributed by atoms with Gasteiger partial charge in [-0.25, -0.2) is 0 Å². The number of hydrazine groups is 1. The second-order valence-electron chi connectivity index (χ2n) is 4.65. The fraction of sp³-hybridized carbons (Fsp3) is 0.250. The van der Waals surface area contributed by atoms with Crippen molar-refractivity contribution < 1.29 is 14.3 Å². The molecule has 2 aromatic rings. The summed E-state index contributed by atoms with van der Waals surface area (Å²) in [6, 6.07) is 11.1. The first-order valence-corrected chi connectivity index (χ1v) is 8.76. The Morgan fingerprint density at radius 3 is 2.65 bits per heavy atom. The summed E-state index contributed by atoms with van der Waals surface area (Å²) in [5.41, 5.74) is 5.80. The van der Waals surface area contributed by atoms with E-state index >= 15 is 0 Å². The third-order valence-corrected chi connectivity index (χ3v) is 4.63. The van der Waals surface area contributed by atoms with E-state index in [-0.39, 0.29) is 18.2 Å². The molecule has 0 aliphatic rings. The summed E-state index contributed by atoms with van der Waals surface area (Å²) in [6.07, 6.45) is 0.806. The molecule has 2 rings (SSSR count). The van der Waals surface area contributed by atoms with Gasteiger partial charge in [-0.2, -0.15) is 0 Å². The number of carbonyl (C=O) groups excluding carboxylic acids is 2. The number of rotatable bonds is 6. The smallest absolute Gasteiger partial charge is 0.279 e. The first-order chi connectivity index (χ1) is 11.1. The average Bonchev–Trinajstić information content (AvgIpc) is 2.98. The summed E-state index contributed by atoms with van der Waals surface area (Å²) in [6.45, 7) is 2.50. The molecule has 0 saturated heterocycles. The van der Waals surface area contributed by atoms with Crippen molar-refractivity contribution in [2.75, 3.05) is 6.61 Å². The van der Waals surface area contributed by atoms with Gasteiger partial charge in [0.2, 0.25) is 5.91 Å². The number of benzene rings is 1. The number of thiophene rings is 1. The maximum absolute atomic E-state index is 11.9. The lowest BCUT2D eigenvalue weighted by atomic mass is 10.1. The zero-order valence-corrected chi connectivity index (χ0v) is 15.0. The number of para-hydroxylation sites is 1. The zero-order valence-electron chi connectivity index (χ0n) is 12.6. The van der Waals surface area contributed by atoms with Crippen molar-refractivity contribution in [3.63, 3.8) is 0 Å². The first-order valence-electron chi connectivity index (χ1n) is 7.15. The molecular formula is C16H17BrN2O3S. The highest BCUT2D eigenvalue weighted by atomic mass is 79.9. The van der Waals surface area contributed by atoms with Crippen LogP contribution in [0.5, 0.6) is 5.75 Å². The van der Waals surface area contributed by atoms with Gasteiger partial charge in [-0.3, -0.25) is 20.4 Å². The highest BCUT2D eigenvalue weighted by Crippen LogP contribution is 2.21. The Balaban J connectivity index is 1.80. The fourth-order valence-electron chi connectivity index (χ4n) is 1.94. The van der Waals surface area contributed by atoms with Crippen LogP contribution in [0.25, 0.3) is 0 Å². The van der Waals surface area contributed by atoms with Gasteiger partial charge in [0.05, 0.1) is 15.3 Å². The van der Waals surface area contributed by atoms with E-state index in [9.17, 15) is 9.59 Å². The number of hydrogen-bond acceptors (Lipinski definition) is 4. The molecule has 0 atom stereocenters. The molecule has 2 amide bonds. The normalized spacial score (nSPS) is 10.2. The van der Waals surface area contributed by atoms with E-state index < -0.39 is 0 Å². The molecule has 0 unspecified atom stereocenters. The molecule has 1 heterocycles. The summed E-state index contributed by atoms with van der Waals surface area (Å²) in [5.74, 6) is 0.208. The predicted molar refractivity (Wildman–Crippen MR) is 93.6 cm³/mol. The summed E-state index contributed by atoms with van der Waals surface area (Å²) in [5, 5.41) is 0. The van der Waals surface area contributed by atoms with Gasteiger partial charge in [0.25, 0.3) is 5.91 Å². The minimum Gasteiger partial charge on any atom is -0.494 e. The highest BCUT2D eigenvalue weighted by molar-refractivity contribution is 9.11. The molecule has 0 bridgehead atoms. The van der Waals surface area contributed by atoms with Gasteiger partial charge in [0.1, 0.15) is 5.75 Å². The van der Waals surface area contributed by atoms with Crippen LogP contribution in [-0.2, 0) is 11.2 Å². The number of halogens is 1. The molecule has 0 saturated carbocycles. The topological polar surface area (TPSA) is 67.4 Å². The van der Waals surface area contributed by atoms with Crippen molar-refractivity contribution in [3.05, 3.63) is 50.6 Å². The number of nitrogens with one attached hydrogen (secondary N) is 2. The van der Waals surface area contributed by atoms with E-state index in [1.807, 2.05) is 31.2 Å². The molecule has 0 spiro atoms. The van der Waals surface area contributed by atoms with Crippen molar-refractivity contribution in [2.45, 2.75) is 19.8 Å². The van der Waals surface area contributed by atoms with E-state index in [1.165, 1.54) is 11.3 Å². The number of hydrogen-bond donors (Lipinski definition) is 2. The third kappa shape index (κ3) is 5.37. The largest absolute Gasteiger partial charge is 0.494 e. The number of aryl methyl sites for hydroxylation is 1. The van der Waals surface area contributed by atoms with Crippen molar-refractivity contribution in [1.82, 2.24) is 10.9 Å². The minimum atomic E-state index is -0.330. The summed E-state index contributed by atoms with van der Waals surface area (Å²) >= 11 is 4.59. The van der Waals surface area contributed by atoms with E-state index in [0.717, 1.165) is 15.1 Å².